The predicted octanol–water partition coefficient (Wildman–Crippen LogP) is 4.17. The molecule has 2 aliphatic rings. The Morgan fingerprint density at radius 2 is 1.43 bits per heavy atom. The van der Waals surface area contributed by atoms with Crippen LogP contribution in [-0.4, -0.2) is 16.0 Å². The Morgan fingerprint density at radius 3 is 2.00 bits per heavy atom. The average Bonchev–Trinajstić information content (AvgIpc) is 3.21. The molecule has 0 unspecified atom stereocenters. The van der Waals surface area contributed by atoms with Crippen LogP contribution in [0.25, 0.3) is 0 Å². The van der Waals surface area contributed by atoms with Crippen molar-refractivity contribution in [3.63, 3.8) is 0 Å². The van der Waals surface area contributed by atoms with Crippen LogP contribution in [-0.2, 0) is 6.54 Å². The molecule has 2 aliphatic carbocycles. The zero-order chi connectivity index (χ0) is 14.7. The van der Waals surface area contributed by atoms with Gasteiger partial charge in [0, 0.05) is 35.5 Å². The lowest BCUT2D eigenvalue weighted by molar-refractivity contribution is 0.440. The van der Waals surface area contributed by atoms with Gasteiger partial charge in [-0.15, -0.1) is 0 Å². The highest BCUT2D eigenvalue weighted by Gasteiger charge is 2.22. The maximum absolute atomic E-state index is 4.88. The summed E-state index contributed by atoms with van der Waals surface area (Å²) in [5, 5.41) is 3.59. The van der Waals surface area contributed by atoms with E-state index < -0.39 is 0 Å². The highest BCUT2D eigenvalue weighted by molar-refractivity contribution is 5.25. The van der Waals surface area contributed by atoms with E-state index in [-0.39, 0.29) is 0 Å². The van der Waals surface area contributed by atoms with E-state index in [1.165, 1.54) is 74.7 Å². The Balaban J connectivity index is 1.72. The Bertz CT molecular complexity index is 448. The van der Waals surface area contributed by atoms with Crippen molar-refractivity contribution in [1.82, 2.24) is 15.3 Å². The molecular formula is C18H29N3. The van der Waals surface area contributed by atoms with Crippen LogP contribution in [0.3, 0.4) is 0 Å². The number of nitrogens with one attached hydrogen (secondary N) is 1. The molecule has 1 aromatic rings. The molecule has 3 rings (SSSR count). The van der Waals surface area contributed by atoms with E-state index in [0.717, 1.165) is 18.4 Å². The van der Waals surface area contributed by atoms with E-state index in [0.29, 0.717) is 5.92 Å². The molecule has 0 radical (unpaired) electrons. The summed E-state index contributed by atoms with van der Waals surface area (Å²) in [6, 6.07) is 0.745. The van der Waals surface area contributed by atoms with Gasteiger partial charge in [-0.1, -0.05) is 32.1 Å². The average molecular weight is 287 g/mol. The van der Waals surface area contributed by atoms with Crippen LogP contribution < -0.4 is 5.32 Å². The van der Waals surface area contributed by atoms with Gasteiger partial charge in [0.05, 0.1) is 0 Å². The van der Waals surface area contributed by atoms with Gasteiger partial charge in [0.15, 0.2) is 0 Å². The van der Waals surface area contributed by atoms with E-state index in [2.05, 4.69) is 19.2 Å². The van der Waals surface area contributed by atoms with Gasteiger partial charge >= 0.3 is 0 Å². The first-order chi connectivity index (χ1) is 10.2. The number of nitrogens with zero attached hydrogens (tertiary/aromatic N) is 2. The lowest BCUT2D eigenvalue weighted by Gasteiger charge is -2.20. The summed E-state index contributed by atoms with van der Waals surface area (Å²) in [5.74, 6) is 1.70. The van der Waals surface area contributed by atoms with E-state index in [1.807, 2.05) is 0 Å². The molecule has 0 atom stereocenters. The lowest BCUT2D eigenvalue weighted by atomic mass is 9.90. The van der Waals surface area contributed by atoms with Crippen LogP contribution in [0.15, 0.2) is 0 Å². The van der Waals surface area contributed by atoms with Crippen molar-refractivity contribution < 1.29 is 0 Å². The second-order valence-corrected chi connectivity index (χ2v) is 6.93. The first-order valence-corrected chi connectivity index (χ1v) is 8.81. The molecule has 1 aromatic heterocycles. The quantitative estimate of drug-likeness (QED) is 0.903. The predicted molar refractivity (Wildman–Crippen MR) is 86.4 cm³/mol. The maximum atomic E-state index is 4.88. The van der Waals surface area contributed by atoms with Gasteiger partial charge in [0.25, 0.3) is 0 Å². The number of aromatic nitrogens is 2. The summed E-state index contributed by atoms with van der Waals surface area (Å²) >= 11 is 0. The molecule has 1 heterocycles. The minimum absolute atomic E-state index is 0.591. The second-order valence-electron chi connectivity index (χ2n) is 6.93. The molecule has 0 aromatic carbocycles. The van der Waals surface area contributed by atoms with Gasteiger partial charge in [-0.3, -0.25) is 0 Å². The third-order valence-electron chi connectivity index (χ3n) is 5.05. The SMILES string of the molecule is Cc1nc(C2CCCCCCC2)nc(C)c1CNC1CC1. The van der Waals surface area contributed by atoms with Crippen molar-refractivity contribution in [3.05, 3.63) is 22.8 Å². The standard InChI is InChI=1S/C18H29N3/c1-13-17(12-19-16-10-11-16)14(2)21-18(20-13)15-8-6-4-3-5-7-9-15/h15-16,19H,3-12H2,1-2H3. The highest BCUT2D eigenvalue weighted by Crippen LogP contribution is 2.30. The molecule has 3 nitrogen and oxygen atoms in total. The van der Waals surface area contributed by atoms with Gasteiger partial charge in [-0.05, 0) is 39.5 Å². The highest BCUT2D eigenvalue weighted by atomic mass is 15.0. The molecule has 0 bridgehead atoms. The van der Waals surface area contributed by atoms with Crippen molar-refractivity contribution in [2.24, 2.45) is 0 Å². The number of rotatable bonds is 4. The molecule has 21 heavy (non-hydrogen) atoms. The maximum Gasteiger partial charge on any atom is 0.131 e. The topological polar surface area (TPSA) is 37.8 Å². The van der Waals surface area contributed by atoms with Crippen LogP contribution in [0.1, 0.15) is 86.5 Å². The number of aryl methyl sites for hydroxylation is 2. The molecule has 1 N–H and O–H groups in total. The van der Waals surface area contributed by atoms with Gasteiger partial charge in [-0.25, -0.2) is 9.97 Å². The molecule has 2 fully saturated rings. The molecule has 0 aliphatic heterocycles. The zero-order valence-corrected chi connectivity index (χ0v) is 13.6. The summed E-state index contributed by atoms with van der Waals surface area (Å²) < 4.78 is 0. The van der Waals surface area contributed by atoms with Gasteiger partial charge in [0.2, 0.25) is 0 Å². The van der Waals surface area contributed by atoms with E-state index in [9.17, 15) is 0 Å². The Morgan fingerprint density at radius 1 is 0.857 bits per heavy atom. The smallest absolute Gasteiger partial charge is 0.131 e. The van der Waals surface area contributed by atoms with Crippen molar-refractivity contribution in [1.29, 1.82) is 0 Å². The minimum Gasteiger partial charge on any atom is -0.310 e. The van der Waals surface area contributed by atoms with Crippen molar-refractivity contribution in [2.45, 2.75) is 90.1 Å². The first-order valence-electron chi connectivity index (χ1n) is 8.81. The van der Waals surface area contributed by atoms with E-state index in [4.69, 9.17) is 9.97 Å². The van der Waals surface area contributed by atoms with E-state index in [1.54, 1.807) is 0 Å². The lowest BCUT2D eigenvalue weighted by Crippen LogP contribution is -2.19. The van der Waals surface area contributed by atoms with Crippen molar-refractivity contribution in [2.75, 3.05) is 0 Å². The third-order valence-corrected chi connectivity index (χ3v) is 5.05. The third kappa shape index (κ3) is 4.03. The Kier molecular flexibility index (Phi) is 4.89. The molecule has 2 saturated carbocycles. The van der Waals surface area contributed by atoms with Crippen LogP contribution >= 0.6 is 0 Å². The van der Waals surface area contributed by atoms with Crippen LogP contribution in [0.4, 0.5) is 0 Å². The monoisotopic (exact) mass is 287 g/mol. The summed E-state index contributed by atoms with van der Waals surface area (Å²) in [5.41, 5.74) is 3.69. The van der Waals surface area contributed by atoms with Gasteiger partial charge in [-0.2, -0.15) is 0 Å². The number of hydrogen-bond acceptors (Lipinski definition) is 3. The zero-order valence-electron chi connectivity index (χ0n) is 13.6. The summed E-state index contributed by atoms with van der Waals surface area (Å²) in [6.45, 7) is 5.25. The molecule has 0 spiro atoms. The fourth-order valence-corrected chi connectivity index (χ4v) is 3.45. The largest absolute Gasteiger partial charge is 0.310 e. The minimum atomic E-state index is 0.591. The van der Waals surface area contributed by atoms with E-state index >= 15 is 0 Å². The normalized spacial score (nSPS) is 21.0. The summed E-state index contributed by atoms with van der Waals surface area (Å²) in [7, 11) is 0. The first kappa shape index (κ1) is 15.0. The van der Waals surface area contributed by atoms with Crippen LogP contribution in [0.5, 0.6) is 0 Å². The molecule has 0 amide bonds. The molecular weight excluding hydrogens is 258 g/mol. The fraction of sp³-hybridized carbons (Fsp3) is 0.778. The second kappa shape index (κ2) is 6.87. The van der Waals surface area contributed by atoms with Crippen molar-refractivity contribution in [3.8, 4) is 0 Å². The molecule has 3 heteroatoms. The fourth-order valence-electron chi connectivity index (χ4n) is 3.45. The Labute approximate surface area is 129 Å². The summed E-state index contributed by atoms with van der Waals surface area (Å²) in [4.78, 5) is 9.75. The Hall–Kier alpha value is -0.960. The van der Waals surface area contributed by atoms with Crippen LogP contribution in [0.2, 0.25) is 0 Å². The van der Waals surface area contributed by atoms with Crippen molar-refractivity contribution >= 4 is 0 Å². The molecule has 116 valence electrons. The van der Waals surface area contributed by atoms with Gasteiger partial charge < -0.3 is 5.32 Å². The van der Waals surface area contributed by atoms with Crippen LogP contribution in [0, 0.1) is 13.8 Å². The summed E-state index contributed by atoms with van der Waals surface area (Å²) in [6.07, 6.45) is 12.1. The van der Waals surface area contributed by atoms with Gasteiger partial charge in [0.1, 0.15) is 5.82 Å². The number of hydrogen-bond donors (Lipinski definition) is 1. The molecule has 0 saturated heterocycles.